The van der Waals surface area contributed by atoms with Gasteiger partial charge >= 0.3 is 5.82 Å². The van der Waals surface area contributed by atoms with Crippen molar-refractivity contribution in [2.45, 2.75) is 33.0 Å². The van der Waals surface area contributed by atoms with Crippen LogP contribution in [-0.4, -0.2) is 30.4 Å². The number of amides is 1. The maximum Gasteiger partial charge on any atom is 0.408 e. The van der Waals surface area contributed by atoms with Crippen molar-refractivity contribution in [3.63, 3.8) is 0 Å². The van der Waals surface area contributed by atoms with Gasteiger partial charge in [-0.2, -0.15) is 9.78 Å². The summed E-state index contributed by atoms with van der Waals surface area (Å²) in [7, 11) is 0. The van der Waals surface area contributed by atoms with Crippen molar-refractivity contribution < 1.29 is 9.72 Å². The van der Waals surface area contributed by atoms with E-state index in [0.29, 0.717) is 6.54 Å². The fraction of sp³-hybridized carbons (Fsp3) is 0.417. The Kier molecular flexibility index (Phi) is 5.10. The molecule has 118 valence electrons. The third-order valence-corrected chi connectivity index (χ3v) is 3.21. The van der Waals surface area contributed by atoms with Gasteiger partial charge in [-0.1, -0.05) is 11.6 Å². The Balaban J connectivity index is 1.80. The number of hydrogen-bond donors (Lipinski definition) is 1. The van der Waals surface area contributed by atoms with Gasteiger partial charge in [-0.3, -0.25) is 9.48 Å². The molecule has 0 aliphatic carbocycles. The lowest BCUT2D eigenvalue weighted by Crippen LogP contribution is -2.23. The lowest BCUT2D eigenvalue weighted by molar-refractivity contribution is -0.389. The van der Waals surface area contributed by atoms with Gasteiger partial charge in [0.2, 0.25) is 5.91 Å². The monoisotopic (exact) mass is 326 g/mol. The van der Waals surface area contributed by atoms with Crippen molar-refractivity contribution in [3.05, 3.63) is 39.3 Å². The number of nitrogens with zero attached hydrogens (tertiary/aromatic N) is 5. The quantitative estimate of drug-likeness (QED) is 0.610. The molecule has 22 heavy (non-hydrogen) atoms. The van der Waals surface area contributed by atoms with E-state index in [9.17, 15) is 14.9 Å². The Labute approximate surface area is 131 Å². The zero-order valence-corrected chi connectivity index (χ0v) is 12.7. The van der Waals surface area contributed by atoms with Crippen LogP contribution < -0.4 is 5.32 Å². The van der Waals surface area contributed by atoms with Gasteiger partial charge in [0, 0.05) is 31.3 Å². The highest BCUT2D eigenvalue weighted by Crippen LogP contribution is 2.21. The zero-order valence-electron chi connectivity index (χ0n) is 11.9. The highest BCUT2D eigenvalue weighted by atomic mass is 35.5. The first-order chi connectivity index (χ1) is 10.5. The Morgan fingerprint density at radius 3 is 2.82 bits per heavy atom. The van der Waals surface area contributed by atoms with Crippen LogP contribution in [0, 0.1) is 10.1 Å². The molecule has 0 bridgehead atoms. The summed E-state index contributed by atoms with van der Waals surface area (Å²) < 4.78 is 3.06. The Morgan fingerprint density at radius 2 is 2.23 bits per heavy atom. The molecule has 0 radical (unpaired) electrons. The summed E-state index contributed by atoms with van der Waals surface area (Å²) in [6, 6.07) is 0. The van der Waals surface area contributed by atoms with E-state index in [1.165, 1.54) is 10.9 Å². The molecule has 0 saturated heterocycles. The number of hydrogen-bond acceptors (Lipinski definition) is 5. The second kappa shape index (κ2) is 7.03. The van der Waals surface area contributed by atoms with Crippen LogP contribution in [0.5, 0.6) is 0 Å². The average molecular weight is 327 g/mol. The van der Waals surface area contributed by atoms with E-state index >= 15 is 0 Å². The average Bonchev–Trinajstić information content (AvgIpc) is 3.09. The maximum absolute atomic E-state index is 11.7. The minimum absolute atomic E-state index is 0.0441. The molecule has 0 atom stereocenters. The first-order valence-electron chi connectivity index (χ1n) is 6.65. The van der Waals surface area contributed by atoms with Crippen molar-refractivity contribution in [2.75, 3.05) is 0 Å². The summed E-state index contributed by atoms with van der Waals surface area (Å²) >= 11 is 5.68. The molecule has 1 N–H and O–H groups in total. The predicted molar refractivity (Wildman–Crippen MR) is 78.3 cm³/mol. The normalized spacial score (nSPS) is 10.6. The lowest BCUT2D eigenvalue weighted by atomic mass is 10.3. The summed E-state index contributed by atoms with van der Waals surface area (Å²) in [5.41, 5.74) is 0.910. The van der Waals surface area contributed by atoms with Crippen LogP contribution in [0.15, 0.2) is 18.6 Å². The number of rotatable bonds is 7. The fourth-order valence-electron chi connectivity index (χ4n) is 1.80. The van der Waals surface area contributed by atoms with E-state index in [-0.39, 0.29) is 23.9 Å². The molecule has 0 aromatic carbocycles. The van der Waals surface area contributed by atoms with E-state index < -0.39 is 10.7 Å². The number of halogens is 1. The standard InChI is InChI=1S/C12H15ClN6O3/c1-2-17-7-9(6-15-17)5-14-11(20)3-4-18-8-10(13)12(16-18)19(21)22/h6-8H,2-5H2,1H3,(H,14,20). The van der Waals surface area contributed by atoms with E-state index in [1.807, 2.05) is 13.1 Å². The molecule has 10 heteroatoms. The second-order valence-electron chi connectivity index (χ2n) is 4.55. The second-order valence-corrected chi connectivity index (χ2v) is 4.96. The first-order valence-corrected chi connectivity index (χ1v) is 7.02. The van der Waals surface area contributed by atoms with Gasteiger partial charge in [-0.15, -0.1) is 0 Å². The smallest absolute Gasteiger partial charge is 0.358 e. The van der Waals surface area contributed by atoms with Crippen LogP contribution in [-0.2, 0) is 24.4 Å². The highest BCUT2D eigenvalue weighted by molar-refractivity contribution is 6.32. The van der Waals surface area contributed by atoms with Gasteiger partial charge in [0.1, 0.15) is 0 Å². The van der Waals surface area contributed by atoms with Gasteiger partial charge < -0.3 is 15.4 Å². The number of aryl methyl sites for hydroxylation is 2. The molecule has 0 aliphatic heterocycles. The summed E-state index contributed by atoms with van der Waals surface area (Å²) in [5, 5.41) is 21.1. The molecular weight excluding hydrogens is 312 g/mol. The van der Waals surface area contributed by atoms with Crippen molar-refractivity contribution in [1.29, 1.82) is 0 Å². The van der Waals surface area contributed by atoms with Gasteiger partial charge in [0.05, 0.1) is 24.0 Å². The maximum atomic E-state index is 11.7. The van der Waals surface area contributed by atoms with E-state index in [1.54, 1.807) is 10.9 Å². The van der Waals surface area contributed by atoms with E-state index in [4.69, 9.17) is 11.6 Å². The zero-order chi connectivity index (χ0) is 16.1. The van der Waals surface area contributed by atoms with Crippen molar-refractivity contribution in [3.8, 4) is 0 Å². The molecule has 2 heterocycles. The number of carbonyl (C=O) groups is 1. The van der Waals surface area contributed by atoms with Crippen LogP contribution in [0.4, 0.5) is 5.82 Å². The first kappa shape index (κ1) is 16.0. The minimum atomic E-state index is -0.662. The van der Waals surface area contributed by atoms with Crippen LogP contribution in [0.2, 0.25) is 5.02 Å². The topological polar surface area (TPSA) is 108 Å². The molecule has 2 aromatic rings. The van der Waals surface area contributed by atoms with Crippen molar-refractivity contribution in [2.24, 2.45) is 0 Å². The number of nitrogens with one attached hydrogen (secondary N) is 1. The predicted octanol–water partition coefficient (Wildman–Crippen LogP) is 1.37. The van der Waals surface area contributed by atoms with Gasteiger partial charge in [0.15, 0.2) is 5.02 Å². The van der Waals surface area contributed by atoms with Gasteiger partial charge in [-0.05, 0) is 11.8 Å². The van der Waals surface area contributed by atoms with Crippen LogP contribution in [0.3, 0.4) is 0 Å². The van der Waals surface area contributed by atoms with Crippen LogP contribution >= 0.6 is 11.6 Å². The number of aromatic nitrogens is 4. The highest BCUT2D eigenvalue weighted by Gasteiger charge is 2.19. The third kappa shape index (κ3) is 4.04. The van der Waals surface area contributed by atoms with Gasteiger partial charge in [-0.25, -0.2) is 0 Å². The Hall–Kier alpha value is -2.42. The molecule has 1 amide bonds. The lowest BCUT2D eigenvalue weighted by Gasteiger charge is -2.02. The summed E-state index contributed by atoms with van der Waals surface area (Å²) in [4.78, 5) is 21.7. The van der Waals surface area contributed by atoms with Crippen LogP contribution in [0.1, 0.15) is 18.9 Å². The summed E-state index contributed by atoms with van der Waals surface area (Å²) in [6.07, 6.45) is 5.03. The number of nitro groups is 1. The van der Waals surface area contributed by atoms with Gasteiger partial charge in [0.25, 0.3) is 0 Å². The molecule has 0 saturated carbocycles. The fourth-order valence-corrected chi connectivity index (χ4v) is 2.02. The minimum Gasteiger partial charge on any atom is -0.358 e. The molecule has 0 aliphatic rings. The summed E-state index contributed by atoms with van der Waals surface area (Å²) in [5.74, 6) is -0.590. The van der Waals surface area contributed by atoms with Crippen LogP contribution in [0.25, 0.3) is 0 Å². The number of carbonyl (C=O) groups excluding carboxylic acids is 1. The molecule has 2 rings (SSSR count). The Bertz CT molecular complexity index is 680. The molecular formula is C12H15ClN6O3. The molecule has 9 nitrogen and oxygen atoms in total. The summed E-state index contributed by atoms with van der Waals surface area (Å²) in [6.45, 7) is 3.35. The largest absolute Gasteiger partial charge is 0.408 e. The molecule has 2 aromatic heterocycles. The third-order valence-electron chi connectivity index (χ3n) is 2.94. The van der Waals surface area contributed by atoms with E-state index in [0.717, 1.165) is 12.1 Å². The molecule has 0 unspecified atom stereocenters. The van der Waals surface area contributed by atoms with Crippen molar-refractivity contribution >= 4 is 23.3 Å². The van der Waals surface area contributed by atoms with Crippen molar-refractivity contribution in [1.82, 2.24) is 24.9 Å². The molecule has 0 fully saturated rings. The van der Waals surface area contributed by atoms with E-state index in [2.05, 4.69) is 15.5 Å². The Morgan fingerprint density at radius 1 is 1.45 bits per heavy atom. The SMILES string of the molecule is CCn1cc(CNC(=O)CCn2cc(Cl)c([N+](=O)[O-])n2)cn1. The molecule has 0 spiro atoms.